The van der Waals surface area contributed by atoms with Crippen molar-refractivity contribution in [3.05, 3.63) is 60.2 Å². The highest BCUT2D eigenvalue weighted by atomic mass is 15.0. The van der Waals surface area contributed by atoms with Gasteiger partial charge >= 0.3 is 0 Å². The minimum atomic E-state index is 0.674. The molecule has 0 saturated heterocycles. The minimum Gasteiger partial charge on any atom is -0.343 e. The molecule has 0 atom stereocenters. The van der Waals surface area contributed by atoms with Crippen LogP contribution in [0.15, 0.2) is 54.6 Å². The van der Waals surface area contributed by atoms with E-state index in [1.165, 1.54) is 27.7 Å². The predicted molar refractivity (Wildman–Crippen MR) is 81.1 cm³/mol. The summed E-state index contributed by atoms with van der Waals surface area (Å²) in [7, 11) is 2.13. The van der Waals surface area contributed by atoms with Crippen LogP contribution in [0.1, 0.15) is 5.56 Å². The summed E-state index contributed by atoms with van der Waals surface area (Å²) in [6.07, 6.45) is 0.908. The standard InChI is InChI=1S/C17H18N2/c1-19-16-10-6-5-9-14(16)15(11-12-18)17(19)13-7-3-2-4-8-13/h2-10H,11-12,18H2,1H3. The molecule has 3 aromatic rings. The van der Waals surface area contributed by atoms with Crippen molar-refractivity contribution in [2.45, 2.75) is 6.42 Å². The number of nitrogens with zero attached hydrogens (tertiary/aromatic N) is 1. The van der Waals surface area contributed by atoms with Crippen molar-refractivity contribution < 1.29 is 0 Å². The second-order valence-electron chi connectivity index (χ2n) is 4.81. The summed E-state index contributed by atoms with van der Waals surface area (Å²) in [6, 6.07) is 19.1. The Morgan fingerprint density at radius 3 is 2.37 bits per heavy atom. The first-order chi connectivity index (χ1) is 9.33. The molecule has 1 aromatic heterocycles. The molecule has 0 spiro atoms. The lowest BCUT2D eigenvalue weighted by molar-refractivity contribution is 0.938. The van der Waals surface area contributed by atoms with E-state index in [4.69, 9.17) is 5.73 Å². The van der Waals surface area contributed by atoms with Gasteiger partial charge in [-0.1, -0.05) is 48.5 Å². The lowest BCUT2D eigenvalue weighted by Crippen LogP contribution is -2.04. The van der Waals surface area contributed by atoms with Crippen LogP contribution in [0.5, 0.6) is 0 Å². The van der Waals surface area contributed by atoms with Crippen molar-refractivity contribution in [2.75, 3.05) is 6.54 Å². The van der Waals surface area contributed by atoms with Gasteiger partial charge in [0.15, 0.2) is 0 Å². The average molecular weight is 250 g/mol. The van der Waals surface area contributed by atoms with Gasteiger partial charge in [0.05, 0.1) is 5.69 Å². The van der Waals surface area contributed by atoms with Gasteiger partial charge in [-0.05, 0) is 30.2 Å². The average Bonchev–Trinajstić information content (AvgIpc) is 2.74. The predicted octanol–water partition coefficient (Wildman–Crippen LogP) is 3.35. The van der Waals surface area contributed by atoms with Gasteiger partial charge in [0.1, 0.15) is 0 Å². The molecule has 0 fully saturated rings. The smallest absolute Gasteiger partial charge is 0.0521 e. The molecule has 96 valence electrons. The van der Waals surface area contributed by atoms with Crippen molar-refractivity contribution >= 4 is 10.9 Å². The van der Waals surface area contributed by atoms with Gasteiger partial charge in [-0.25, -0.2) is 0 Å². The Balaban J connectivity index is 2.34. The molecule has 1 heterocycles. The fourth-order valence-corrected chi connectivity index (χ4v) is 2.83. The zero-order valence-corrected chi connectivity index (χ0v) is 11.1. The molecule has 0 bridgehead atoms. The Morgan fingerprint density at radius 2 is 1.63 bits per heavy atom. The quantitative estimate of drug-likeness (QED) is 0.759. The van der Waals surface area contributed by atoms with Crippen LogP contribution in [-0.2, 0) is 13.5 Å². The number of para-hydroxylation sites is 1. The molecule has 0 aliphatic carbocycles. The summed E-state index contributed by atoms with van der Waals surface area (Å²) in [4.78, 5) is 0. The van der Waals surface area contributed by atoms with E-state index in [1.807, 2.05) is 0 Å². The fourth-order valence-electron chi connectivity index (χ4n) is 2.83. The molecule has 2 aromatic carbocycles. The zero-order valence-electron chi connectivity index (χ0n) is 11.1. The SMILES string of the molecule is Cn1c(-c2ccccc2)c(CCN)c2ccccc21. The molecule has 0 saturated carbocycles. The third-order valence-electron chi connectivity index (χ3n) is 3.65. The van der Waals surface area contributed by atoms with E-state index in [9.17, 15) is 0 Å². The highest BCUT2D eigenvalue weighted by Gasteiger charge is 2.15. The number of fused-ring (bicyclic) bond motifs is 1. The highest BCUT2D eigenvalue weighted by Crippen LogP contribution is 2.32. The van der Waals surface area contributed by atoms with Gasteiger partial charge in [-0.3, -0.25) is 0 Å². The maximum absolute atomic E-state index is 5.80. The molecule has 0 radical (unpaired) electrons. The molecule has 2 heteroatoms. The number of aryl methyl sites for hydroxylation is 1. The van der Waals surface area contributed by atoms with Crippen molar-refractivity contribution in [3.63, 3.8) is 0 Å². The Hall–Kier alpha value is -2.06. The lowest BCUT2D eigenvalue weighted by atomic mass is 10.0. The summed E-state index contributed by atoms with van der Waals surface area (Å²) in [5.74, 6) is 0. The van der Waals surface area contributed by atoms with Crippen LogP contribution in [0.25, 0.3) is 22.2 Å². The van der Waals surface area contributed by atoms with E-state index >= 15 is 0 Å². The molecule has 0 aliphatic rings. The normalized spacial score (nSPS) is 11.1. The van der Waals surface area contributed by atoms with Crippen molar-refractivity contribution in [1.82, 2.24) is 4.57 Å². The van der Waals surface area contributed by atoms with Crippen LogP contribution in [0.2, 0.25) is 0 Å². The molecule has 0 aliphatic heterocycles. The van der Waals surface area contributed by atoms with Gasteiger partial charge in [-0.15, -0.1) is 0 Å². The summed E-state index contributed by atoms with van der Waals surface area (Å²) in [6.45, 7) is 0.674. The largest absolute Gasteiger partial charge is 0.343 e. The Kier molecular flexibility index (Phi) is 3.10. The number of hydrogen-bond donors (Lipinski definition) is 1. The highest BCUT2D eigenvalue weighted by molar-refractivity contribution is 5.91. The third kappa shape index (κ3) is 1.94. The molecular formula is C17H18N2. The van der Waals surface area contributed by atoms with Crippen LogP contribution < -0.4 is 5.73 Å². The van der Waals surface area contributed by atoms with E-state index in [2.05, 4.69) is 66.2 Å². The van der Waals surface area contributed by atoms with Gasteiger partial charge in [-0.2, -0.15) is 0 Å². The van der Waals surface area contributed by atoms with Crippen LogP contribution >= 0.6 is 0 Å². The maximum Gasteiger partial charge on any atom is 0.0521 e. The molecule has 0 amide bonds. The van der Waals surface area contributed by atoms with E-state index in [0.717, 1.165) is 6.42 Å². The minimum absolute atomic E-state index is 0.674. The lowest BCUT2D eigenvalue weighted by Gasteiger charge is -2.07. The number of rotatable bonds is 3. The van der Waals surface area contributed by atoms with Crippen molar-refractivity contribution in [3.8, 4) is 11.3 Å². The van der Waals surface area contributed by atoms with Crippen molar-refractivity contribution in [2.24, 2.45) is 12.8 Å². The summed E-state index contributed by atoms with van der Waals surface area (Å²) >= 11 is 0. The Labute approximate surface area is 113 Å². The van der Waals surface area contributed by atoms with E-state index in [1.54, 1.807) is 0 Å². The van der Waals surface area contributed by atoms with E-state index < -0.39 is 0 Å². The van der Waals surface area contributed by atoms with Crippen molar-refractivity contribution in [1.29, 1.82) is 0 Å². The first kappa shape index (κ1) is 12.0. The first-order valence-electron chi connectivity index (χ1n) is 6.64. The third-order valence-corrected chi connectivity index (χ3v) is 3.65. The second-order valence-corrected chi connectivity index (χ2v) is 4.81. The fraction of sp³-hybridized carbons (Fsp3) is 0.176. The maximum atomic E-state index is 5.80. The molecule has 2 nitrogen and oxygen atoms in total. The number of aromatic nitrogens is 1. The number of hydrogen-bond acceptors (Lipinski definition) is 1. The molecule has 3 rings (SSSR count). The van der Waals surface area contributed by atoms with Gasteiger partial charge in [0.25, 0.3) is 0 Å². The number of benzene rings is 2. The molecular weight excluding hydrogens is 232 g/mol. The molecule has 2 N–H and O–H groups in total. The summed E-state index contributed by atoms with van der Waals surface area (Å²) in [5, 5.41) is 1.31. The Morgan fingerprint density at radius 1 is 0.947 bits per heavy atom. The van der Waals surface area contributed by atoms with Crippen LogP contribution in [0.4, 0.5) is 0 Å². The van der Waals surface area contributed by atoms with E-state index in [0.29, 0.717) is 6.54 Å². The second kappa shape index (κ2) is 4.90. The van der Waals surface area contributed by atoms with Crippen LogP contribution in [0, 0.1) is 0 Å². The summed E-state index contributed by atoms with van der Waals surface area (Å²) in [5.41, 5.74) is 11.0. The first-order valence-corrected chi connectivity index (χ1v) is 6.64. The van der Waals surface area contributed by atoms with Gasteiger partial charge in [0.2, 0.25) is 0 Å². The summed E-state index contributed by atoms with van der Waals surface area (Å²) < 4.78 is 2.27. The molecule has 19 heavy (non-hydrogen) atoms. The zero-order chi connectivity index (χ0) is 13.2. The topological polar surface area (TPSA) is 30.9 Å². The Bertz CT molecular complexity index is 696. The molecule has 0 unspecified atom stereocenters. The van der Waals surface area contributed by atoms with Crippen LogP contribution in [-0.4, -0.2) is 11.1 Å². The van der Waals surface area contributed by atoms with Crippen LogP contribution in [0.3, 0.4) is 0 Å². The van der Waals surface area contributed by atoms with E-state index in [-0.39, 0.29) is 0 Å². The monoisotopic (exact) mass is 250 g/mol. The number of nitrogens with two attached hydrogens (primary N) is 1. The van der Waals surface area contributed by atoms with Gasteiger partial charge < -0.3 is 10.3 Å². The van der Waals surface area contributed by atoms with Gasteiger partial charge in [0, 0.05) is 18.0 Å².